The van der Waals surface area contributed by atoms with Crippen LogP contribution in [0.4, 0.5) is 13.2 Å². The summed E-state index contributed by atoms with van der Waals surface area (Å²) in [6.45, 7) is -1.73. The van der Waals surface area contributed by atoms with Crippen LogP contribution in [0.1, 0.15) is 5.56 Å². The Kier molecular flexibility index (Phi) is 6.51. The molecular formula is C13H12ClF3O4. The van der Waals surface area contributed by atoms with Gasteiger partial charge in [0.1, 0.15) is 19.0 Å². The van der Waals surface area contributed by atoms with Gasteiger partial charge in [-0.3, -0.25) is 0 Å². The number of rotatable bonds is 7. The number of halogens is 4. The van der Waals surface area contributed by atoms with Crippen LogP contribution in [0.3, 0.4) is 0 Å². The molecule has 0 heterocycles. The van der Waals surface area contributed by atoms with Gasteiger partial charge in [-0.05, 0) is 18.2 Å². The van der Waals surface area contributed by atoms with Crippen molar-refractivity contribution < 1.29 is 32.5 Å². The first-order chi connectivity index (χ1) is 9.79. The molecule has 1 aromatic carbocycles. The van der Waals surface area contributed by atoms with Crippen molar-refractivity contribution in [2.45, 2.75) is 6.18 Å². The molecule has 0 saturated heterocycles. The van der Waals surface area contributed by atoms with E-state index in [-0.39, 0.29) is 24.0 Å². The number of carbonyl (C=O) groups is 1. The molecule has 8 heteroatoms. The highest BCUT2D eigenvalue weighted by molar-refractivity contribution is 6.32. The smallest absolute Gasteiger partial charge is 0.411 e. The van der Waals surface area contributed by atoms with Crippen molar-refractivity contribution in [3.63, 3.8) is 0 Å². The van der Waals surface area contributed by atoms with E-state index in [4.69, 9.17) is 21.4 Å². The second-order valence-electron chi connectivity index (χ2n) is 3.84. The molecule has 0 aliphatic rings. The number of carboxylic acid groups (broad SMARTS) is 1. The fraction of sp³-hybridized carbons (Fsp3) is 0.308. The zero-order valence-electron chi connectivity index (χ0n) is 10.7. The van der Waals surface area contributed by atoms with Gasteiger partial charge in [0.2, 0.25) is 0 Å². The summed E-state index contributed by atoms with van der Waals surface area (Å²) in [6, 6.07) is 4.64. The van der Waals surface area contributed by atoms with Gasteiger partial charge in [-0.1, -0.05) is 17.7 Å². The molecule has 1 N–H and O–H groups in total. The number of benzene rings is 1. The van der Waals surface area contributed by atoms with Gasteiger partial charge in [0.05, 0.1) is 11.6 Å². The largest absolute Gasteiger partial charge is 0.491 e. The number of aliphatic carboxylic acids is 1. The maximum atomic E-state index is 11.9. The summed E-state index contributed by atoms with van der Waals surface area (Å²) in [4.78, 5) is 10.5. The van der Waals surface area contributed by atoms with Gasteiger partial charge in [0.25, 0.3) is 0 Å². The molecule has 0 spiro atoms. The van der Waals surface area contributed by atoms with E-state index in [0.717, 1.165) is 6.08 Å². The number of ether oxygens (including phenoxy) is 2. The maximum Gasteiger partial charge on any atom is 0.411 e. The molecule has 0 amide bonds. The predicted octanol–water partition coefficient (Wildman–Crippen LogP) is 3.40. The lowest BCUT2D eigenvalue weighted by Gasteiger charge is -2.11. The molecule has 1 rings (SSSR count). The minimum atomic E-state index is -4.38. The van der Waals surface area contributed by atoms with Crippen molar-refractivity contribution in [1.82, 2.24) is 0 Å². The van der Waals surface area contributed by atoms with E-state index < -0.39 is 18.8 Å². The van der Waals surface area contributed by atoms with E-state index in [1.54, 1.807) is 6.07 Å². The van der Waals surface area contributed by atoms with Gasteiger partial charge in [-0.2, -0.15) is 13.2 Å². The van der Waals surface area contributed by atoms with Gasteiger partial charge < -0.3 is 14.6 Å². The first-order valence-corrected chi connectivity index (χ1v) is 6.14. The Morgan fingerprint density at radius 3 is 2.67 bits per heavy atom. The zero-order valence-corrected chi connectivity index (χ0v) is 11.4. The van der Waals surface area contributed by atoms with Gasteiger partial charge in [-0.15, -0.1) is 0 Å². The topological polar surface area (TPSA) is 55.8 Å². The molecular weight excluding hydrogens is 313 g/mol. The molecule has 116 valence electrons. The monoisotopic (exact) mass is 324 g/mol. The van der Waals surface area contributed by atoms with Crippen LogP contribution in [0, 0.1) is 0 Å². The second kappa shape index (κ2) is 7.90. The third kappa shape index (κ3) is 7.01. The summed E-state index contributed by atoms with van der Waals surface area (Å²) in [5.41, 5.74) is 0.331. The Morgan fingerprint density at radius 2 is 2.05 bits per heavy atom. The Balaban J connectivity index is 2.59. The number of carboxylic acids is 1. The lowest BCUT2D eigenvalue weighted by atomic mass is 10.2. The summed E-state index contributed by atoms with van der Waals surface area (Å²) in [5, 5.41) is 8.85. The number of hydrogen-bond donors (Lipinski definition) is 1. The number of hydrogen-bond acceptors (Lipinski definition) is 3. The molecule has 0 radical (unpaired) electrons. The zero-order chi connectivity index (χ0) is 15.9. The molecule has 1 aromatic rings. The molecule has 0 atom stereocenters. The van der Waals surface area contributed by atoms with Crippen LogP contribution in [-0.4, -0.2) is 37.1 Å². The summed E-state index contributed by atoms with van der Waals surface area (Å²) >= 11 is 5.91. The van der Waals surface area contributed by atoms with Crippen molar-refractivity contribution in [1.29, 1.82) is 0 Å². The lowest BCUT2D eigenvalue weighted by Crippen LogP contribution is -2.19. The average molecular weight is 325 g/mol. The summed E-state index contributed by atoms with van der Waals surface area (Å²) < 4.78 is 45.2. The van der Waals surface area contributed by atoms with Gasteiger partial charge in [0.15, 0.2) is 0 Å². The minimum absolute atomic E-state index is 0.121. The van der Waals surface area contributed by atoms with Gasteiger partial charge in [-0.25, -0.2) is 4.79 Å². The molecule has 0 aliphatic heterocycles. The Hall–Kier alpha value is -1.73. The van der Waals surface area contributed by atoms with E-state index in [1.807, 2.05) is 0 Å². The van der Waals surface area contributed by atoms with Crippen LogP contribution in [0.25, 0.3) is 6.08 Å². The third-order valence-electron chi connectivity index (χ3n) is 2.16. The normalized spacial score (nSPS) is 11.8. The molecule has 0 unspecified atom stereocenters. The van der Waals surface area contributed by atoms with Gasteiger partial charge >= 0.3 is 12.1 Å². The molecule has 0 aliphatic carbocycles. The predicted molar refractivity (Wildman–Crippen MR) is 70.5 cm³/mol. The quantitative estimate of drug-likeness (QED) is 0.617. The van der Waals surface area contributed by atoms with Crippen LogP contribution >= 0.6 is 11.6 Å². The van der Waals surface area contributed by atoms with E-state index in [1.165, 1.54) is 18.2 Å². The highest BCUT2D eigenvalue weighted by Gasteiger charge is 2.27. The first kappa shape index (κ1) is 17.3. The standard InChI is InChI=1S/C13H12ClF3O4/c14-10-2-1-3-11(9(10)4-5-12(18)19)21-7-6-20-8-13(15,16)17/h1-5H,6-8H2,(H,18,19)/b5-4+. The van der Waals surface area contributed by atoms with E-state index >= 15 is 0 Å². The Labute approximate surface area is 123 Å². The van der Waals surface area contributed by atoms with E-state index in [2.05, 4.69) is 4.74 Å². The average Bonchev–Trinajstić information content (AvgIpc) is 2.35. The summed E-state index contributed by atoms with van der Waals surface area (Å²) in [5.74, 6) is -0.898. The van der Waals surface area contributed by atoms with E-state index in [0.29, 0.717) is 5.56 Å². The van der Waals surface area contributed by atoms with Crippen molar-refractivity contribution in [2.24, 2.45) is 0 Å². The fourth-order valence-corrected chi connectivity index (χ4v) is 1.59. The SMILES string of the molecule is O=C(O)/C=C/c1c(Cl)cccc1OCCOCC(F)(F)F. The Bertz CT molecular complexity index is 515. The van der Waals surface area contributed by atoms with Crippen LogP contribution in [0.15, 0.2) is 24.3 Å². The molecule has 0 aromatic heterocycles. The summed E-state index contributed by atoms with van der Waals surface area (Å²) in [7, 11) is 0. The molecule has 0 saturated carbocycles. The first-order valence-electron chi connectivity index (χ1n) is 5.76. The second-order valence-corrected chi connectivity index (χ2v) is 4.25. The Morgan fingerprint density at radius 1 is 1.33 bits per heavy atom. The van der Waals surface area contributed by atoms with Crippen LogP contribution < -0.4 is 4.74 Å². The highest BCUT2D eigenvalue weighted by atomic mass is 35.5. The molecule has 0 fully saturated rings. The molecule has 0 bridgehead atoms. The van der Waals surface area contributed by atoms with Crippen molar-refractivity contribution in [3.8, 4) is 5.75 Å². The third-order valence-corrected chi connectivity index (χ3v) is 2.49. The van der Waals surface area contributed by atoms with Crippen LogP contribution in [-0.2, 0) is 9.53 Å². The van der Waals surface area contributed by atoms with Crippen molar-refractivity contribution in [2.75, 3.05) is 19.8 Å². The van der Waals surface area contributed by atoms with E-state index in [9.17, 15) is 18.0 Å². The van der Waals surface area contributed by atoms with Crippen molar-refractivity contribution in [3.05, 3.63) is 34.9 Å². The molecule has 21 heavy (non-hydrogen) atoms. The lowest BCUT2D eigenvalue weighted by molar-refractivity contribution is -0.175. The van der Waals surface area contributed by atoms with Crippen molar-refractivity contribution >= 4 is 23.6 Å². The minimum Gasteiger partial charge on any atom is -0.491 e. The fourth-order valence-electron chi connectivity index (χ4n) is 1.36. The molecule has 4 nitrogen and oxygen atoms in total. The highest BCUT2D eigenvalue weighted by Crippen LogP contribution is 2.27. The number of alkyl halides is 3. The summed E-state index contributed by atoms with van der Waals surface area (Å²) in [6.07, 6.45) is -2.25. The van der Waals surface area contributed by atoms with Gasteiger partial charge in [0, 0.05) is 11.6 Å². The maximum absolute atomic E-state index is 11.9. The van der Waals surface area contributed by atoms with Crippen LogP contribution in [0.5, 0.6) is 5.75 Å². The van der Waals surface area contributed by atoms with Crippen LogP contribution in [0.2, 0.25) is 5.02 Å².